The molecule has 0 spiro atoms. The number of nitrogens with two attached hydrogens (primary N) is 1. The Hall–Kier alpha value is -1.55. The first-order valence-corrected chi connectivity index (χ1v) is 5.37. The van der Waals surface area contributed by atoms with Gasteiger partial charge in [-0.1, -0.05) is 0 Å². The van der Waals surface area contributed by atoms with Gasteiger partial charge in [-0.25, -0.2) is 0 Å². The minimum atomic E-state index is -0.0691. The molecule has 3 N–H and O–H groups in total. The van der Waals surface area contributed by atoms with Crippen LogP contribution in [0.4, 0.5) is 0 Å². The lowest BCUT2D eigenvalue weighted by molar-refractivity contribution is 0.0943. The third kappa shape index (κ3) is 3.90. The maximum atomic E-state index is 11.6. The minimum absolute atomic E-state index is 0.0691. The Balaban J connectivity index is 2.60. The van der Waals surface area contributed by atoms with E-state index in [0.29, 0.717) is 18.7 Å². The lowest BCUT2D eigenvalue weighted by Crippen LogP contribution is -2.29. The normalized spacial score (nSPS) is 10.2. The number of rotatable bonds is 5. The molecule has 0 unspecified atom stereocenters. The van der Waals surface area contributed by atoms with Gasteiger partial charge in [0, 0.05) is 18.2 Å². The van der Waals surface area contributed by atoms with Crippen LogP contribution in [0.15, 0.2) is 24.3 Å². The average Bonchev–Trinajstić information content (AvgIpc) is 2.26. The first-order chi connectivity index (χ1) is 7.63. The van der Waals surface area contributed by atoms with Crippen LogP contribution in [-0.4, -0.2) is 25.1 Å². The number of carbonyl (C=O) groups is 1. The molecule has 1 rings (SSSR count). The van der Waals surface area contributed by atoms with E-state index in [0.717, 1.165) is 5.75 Å². The molecule has 0 saturated heterocycles. The fourth-order valence-corrected chi connectivity index (χ4v) is 1.22. The fourth-order valence-electron chi connectivity index (χ4n) is 1.22. The summed E-state index contributed by atoms with van der Waals surface area (Å²) in [7, 11) is 0. The van der Waals surface area contributed by atoms with E-state index in [1.165, 1.54) is 0 Å². The van der Waals surface area contributed by atoms with E-state index in [1.807, 2.05) is 13.8 Å². The van der Waals surface area contributed by atoms with Crippen LogP contribution in [0.1, 0.15) is 24.2 Å². The Morgan fingerprint density at radius 3 is 2.50 bits per heavy atom. The van der Waals surface area contributed by atoms with Crippen molar-refractivity contribution in [1.82, 2.24) is 5.32 Å². The molecule has 1 aromatic carbocycles. The summed E-state index contributed by atoms with van der Waals surface area (Å²) in [6.45, 7) is 4.82. The second kappa shape index (κ2) is 6.12. The first-order valence-electron chi connectivity index (χ1n) is 5.37. The molecular weight excluding hydrogens is 204 g/mol. The summed E-state index contributed by atoms with van der Waals surface area (Å²) in [5, 5.41) is 2.82. The van der Waals surface area contributed by atoms with Crippen LogP contribution >= 0.6 is 0 Å². The maximum absolute atomic E-state index is 11.6. The van der Waals surface area contributed by atoms with Crippen molar-refractivity contribution in [1.29, 1.82) is 0 Å². The van der Waals surface area contributed by atoms with Gasteiger partial charge in [-0.15, -0.1) is 0 Å². The molecule has 0 atom stereocenters. The molecule has 0 fully saturated rings. The molecule has 0 aliphatic carbocycles. The summed E-state index contributed by atoms with van der Waals surface area (Å²) in [6.07, 6.45) is 0. The lowest BCUT2D eigenvalue weighted by Gasteiger charge is -2.09. The van der Waals surface area contributed by atoms with Crippen LogP contribution in [0.5, 0.6) is 5.75 Å². The topological polar surface area (TPSA) is 64.3 Å². The third-order valence-electron chi connectivity index (χ3n) is 1.92. The fraction of sp³-hybridized carbons (Fsp3) is 0.417. The van der Waals surface area contributed by atoms with Gasteiger partial charge in [-0.2, -0.15) is 0 Å². The van der Waals surface area contributed by atoms with Crippen molar-refractivity contribution in [3.05, 3.63) is 29.8 Å². The van der Waals surface area contributed by atoms with Gasteiger partial charge in [0.15, 0.2) is 0 Å². The van der Waals surface area contributed by atoms with Gasteiger partial charge in [-0.05, 0) is 38.1 Å². The second-order valence-corrected chi connectivity index (χ2v) is 3.79. The summed E-state index contributed by atoms with van der Waals surface area (Å²) >= 11 is 0. The number of hydrogen-bond acceptors (Lipinski definition) is 3. The quantitative estimate of drug-likeness (QED) is 0.785. The van der Waals surface area contributed by atoms with Crippen LogP contribution in [0.2, 0.25) is 0 Å². The Morgan fingerprint density at radius 2 is 2.00 bits per heavy atom. The summed E-state index contributed by atoms with van der Waals surface area (Å²) in [5.41, 5.74) is 5.95. The second-order valence-electron chi connectivity index (χ2n) is 3.79. The average molecular weight is 222 g/mol. The predicted octanol–water partition coefficient (Wildman–Crippen LogP) is 1.16. The highest BCUT2D eigenvalue weighted by Crippen LogP contribution is 2.11. The molecule has 0 radical (unpaired) electrons. The van der Waals surface area contributed by atoms with Crippen molar-refractivity contribution < 1.29 is 9.53 Å². The van der Waals surface area contributed by atoms with E-state index in [4.69, 9.17) is 10.5 Å². The van der Waals surface area contributed by atoms with Gasteiger partial charge in [0.05, 0.1) is 0 Å². The minimum Gasteiger partial charge on any atom is -0.492 e. The highest BCUT2D eigenvalue weighted by molar-refractivity contribution is 5.94. The van der Waals surface area contributed by atoms with E-state index in [1.54, 1.807) is 24.3 Å². The first kappa shape index (κ1) is 12.5. The summed E-state index contributed by atoms with van der Waals surface area (Å²) in [5.74, 6) is 0.659. The zero-order valence-corrected chi connectivity index (χ0v) is 9.69. The molecule has 4 heteroatoms. The standard InChI is InChI=1S/C12H18N2O2/c1-9(2)14-12(15)10-3-5-11(6-4-10)16-8-7-13/h3-6,9H,7-8,13H2,1-2H3,(H,14,15). The summed E-state index contributed by atoms with van der Waals surface area (Å²) in [4.78, 5) is 11.6. The molecule has 1 aromatic rings. The monoisotopic (exact) mass is 222 g/mol. The molecule has 1 amide bonds. The largest absolute Gasteiger partial charge is 0.492 e. The molecule has 0 saturated carbocycles. The highest BCUT2D eigenvalue weighted by atomic mass is 16.5. The lowest BCUT2D eigenvalue weighted by atomic mass is 10.2. The van der Waals surface area contributed by atoms with Crippen LogP contribution in [0, 0.1) is 0 Å². The van der Waals surface area contributed by atoms with Crippen molar-refractivity contribution in [3.63, 3.8) is 0 Å². The molecule has 4 nitrogen and oxygen atoms in total. The van der Waals surface area contributed by atoms with Crippen molar-refractivity contribution in [2.24, 2.45) is 5.73 Å². The Bertz CT molecular complexity index is 333. The molecule has 0 aliphatic rings. The van der Waals surface area contributed by atoms with Gasteiger partial charge in [-0.3, -0.25) is 4.79 Å². The van der Waals surface area contributed by atoms with E-state index < -0.39 is 0 Å². The number of hydrogen-bond donors (Lipinski definition) is 2. The molecule has 0 aliphatic heterocycles. The van der Waals surface area contributed by atoms with Gasteiger partial charge < -0.3 is 15.8 Å². The van der Waals surface area contributed by atoms with Crippen molar-refractivity contribution in [2.75, 3.05) is 13.2 Å². The van der Waals surface area contributed by atoms with Gasteiger partial charge in [0.1, 0.15) is 12.4 Å². The zero-order chi connectivity index (χ0) is 12.0. The van der Waals surface area contributed by atoms with Gasteiger partial charge in [0.25, 0.3) is 5.91 Å². The van der Waals surface area contributed by atoms with Crippen LogP contribution in [0.3, 0.4) is 0 Å². The third-order valence-corrected chi connectivity index (χ3v) is 1.92. The Morgan fingerprint density at radius 1 is 1.38 bits per heavy atom. The molecular formula is C12H18N2O2. The number of amides is 1. The molecule has 0 heterocycles. The van der Waals surface area contributed by atoms with Gasteiger partial charge >= 0.3 is 0 Å². The molecule has 16 heavy (non-hydrogen) atoms. The SMILES string of the molecule is CC(C)NC(=O)c1ccc(OCCN)cc1. The number of ether oxygens (including phenoxy) is 1. The molecule has 0 aromatic heterocycles. The molecule has 0 bridgehead atoms. The Kier molecular flexibility index (Phi) is 4.79. The maximum Gasteiger partial charge on any atom is 0.251 e. The summed E-state index contributed by atoms with van der Waals surface area (Å²) in [6, 6.07) is 7.16. The van der Waals surface area contributed by atoms with Gasteiger partial charge in [0.2, 0.25) is 0 Å². The predicted molar refractivity (Wildman–Crippen MR) is 63.6 cm³/mol. The van der Waals surface area contributed by atoms with Crippen molar-refractivity contribution in [3.8, 4) is 5.75 Å². The van der Waals surface area contributed by atoms with Crippen LogP contribution in [-0.2, 0) is 0 Å². The zero-order valence-electron chi connectivity index (χ0n) is 9.69. The Labute approximate surface area is 95.8 Å². The van der Waals surface area contributed by atoms with Crippen molar-refractivity contribution in [2.45, 2.75) is 19.9 Å². The smallest absolute Gasteiger partial charge is 0.251 e. The van der Waals surface area contributed by atoms with Crippen LogP contribution < -0.4 is 15.8 Å². The van der Waals surface area contributed by atoms with E-state index in [-0.39, 0.29) is 11.9 Å². The van der Waals surface area contributed by atoms with E-state index in [9.17, 15) is 4.79 Å². The van der Waals surface area contributed by atoms with E-state index in [2.05, 4.69) is 5.32 Å². The summed E-state index contributed by atoms with van der Waals surface area (Å²) < 4.78 is 5.31. The van der Waals surface area contributed by atoms with E-state index >= 15 is 0 Å². The number of benzene rings is 1. The number of carbonyl (C=O) groups excluding carboxylic acids is 1. The number of nitrogens with one attached hydrogen (secondary N) is 1. The van der Waals surface area contributed by atoms with Crippen molar-refractivity contribution >= 4 is 5.91 Å². The highest BCUT2D eigenvalue weighted by Gasteiger charge is 2.06. The van der Waals surface area contributed by atoms with Crippen LogP contribution in [0.25, 0.3) is 0 Å². The molecule has 88 valence electrons.